The maximum atomic E-state index is 11.6. The molecule has 20 heavy (non-hydrogen) atoms. The molecule has 0 bridgehead atoms. The van der Waals surface area contributed by atoms with Gasteiger partial charge in [0.2, 0.25) is 0 Å². The second kappa shape index (κ2) is 6.25. The first-order chi connectivity index (χ1) is 9.54. The van der Waals surface area contributed by atoms with E-state index in [0.717, 1.165) is 12.0 Å². The van der Waals surface area contributed by atoms with Crippen LogP contribution in [-0.4, -0.2) is 33.1 Å². The van der Waals surface area contributed by atoms with E-state index in [9.17, 15) is 8.42 Å². The summed E-state index contributed by atoms with van der Waals surface area (Å²) < 4.78 is 28.2. The van der Waals surface area contributed by atoms with E-state index in [1.807, 2.05) is 6.07 Å². The fourth-order valence-corrected chi connectivity index (χ4v) is 4.07. The van der Waals surface area contributed by atoms with Crippen LogP contribution in [0.5, 0.6) is 5.75 Å². The van der Waals surface area contributed by atoms with Crippen LogP contribution in [0.4, 0.5) is 0 Å². The van der Waals surface area contributed by atoms with E-state index >= 15 is 0 Å². The molecule has 1 aliphatic rings. The lowest BCUT2D eigenvalue weighted by Gasteiger charge is -2.23. The Labute approximate surface area is 119 Å². The summed E-state index contributed by atoms with van der Waals surface area (Å²) >= 11 is 0. The standard InChI is InChI=1S/C14H18N2O3S/c1-19-14-5-4-11(7-12(14)8-15)9-16-13-3-2-6-20(17,18)10-13/h4-5,7,13,16H,2-3,6,9-10H2,1H3. The van der Waals surface area contributed by atoms with E-state index in [1.54, 1.807) is 12.1 Å². The summed E-state index contributed by atoms with van der Waals surface area (Å²) in [6.45, 7) is 0.554. The quantitative estimate of drug-likeness (QED) is 0.903. The summed E-state index contributed by atoms with van der Waals surface area (Å²) in [6, 6.07) is 7.49. The minimum atomic E-state index is -2.89. The van der Waals surface area contributed by atoms with E-state index in [2.05, 4.69) is 11.4 Å². The number of hydrogen-bond donors (Lipinski definition) is 1. The lowest BCUT2D eigenvalue weighted by Crippen LogP contribution is -2.39. The zero-order chi connectivity index (χ0) is 14.6. The molecule has 6 heteroatoms. The van der Waals surface area contributed by atoms with Crippen molar-refractivity contribution in [3.8, 4) is 11.8 Å². The predicted molar refractivity (Wildman–Crippen MR) is 76.2 cm³/mol. The average Bonchev–Trinajstić information content (AvgIpc) is 2.43. The molecular formula is C14H18N2O3S. The van der Waals surface area contributed by atoms with Gasteiger partial charge in [0.1, 0.15) is 11.8 Å². The molecule has 5 nitrogen and oxygen atoms in total. The molecule has 1 unspecified atom stereocenters. The van der Waals surface area contributed by atoms with Gasteiger partial charge in [-0.05, 0) is 30.5 Å². The molecule has 1 aliphatic heterocycles. The molecule has 2 rings (SSSR count). The first kappa shape index (κ1) is 14.8. The molecule has 1 aromatic rings. The van der Waals surface area contributed by atoms with Crippen LogP contribution in [0.2, 0.25) is 0 Å². The van der Waals surface area contributed by atoms with Crippen molar-refractivity contribution in [2.45, 2.75) is 25.4 Å². The van der Waals surface area contributed by atoms with Crippen LogP contribution in [0, 0.1) is 11.3 Å². The Morgan fingerprint density at radius 3 is 2.95 bits per heavy atom. The summed E-state index contributed by atoms with van der Waals surface area (Å²) in [5.74, 6) is 1.05. The Morgan fingerprint density at radius 2 is 2.30 bits per heavy atom. The molecule has 1 heterocycles. The molecule has 0 amide bonds. The number of nitriles is 1. The minimum absolute atomic E-state index is 0.00128. The number of benzene rings is 1. The van der Waals surface area contributed by atoms with Gasteiger partial charge >= 0.3 is 0 Å². The van der Waals surface area contributed by atoms with Crippen molar-refractivity contribution in [1.82, 2.24) is 5.32 Å². The normalized spacial score (nSPS) is 21.1. The molecule has 1 aromatic carbocycles. The zero-order valence-corrected chi connectivity index (χ0v) is 12.2. The molecular weight excluding hydrogens is 276 g/mol. The van der Waals surface area contributed by atoms with E-state index in [-0.39, 0.29) is 11.8 Å². The molecule has 0 aliphatic carbocycles. The number of sulfone groups is 1. The Hall–Kier alpha value is -1.58. The van der Waals surface area contributed by atoms with Crippen molar-refractivity contribution in [2.24, 2.45) is 0 Å². The second-order valence-electron chi connectivity index (χ2n) is 4.98. The van der Waals surface area contributed by atoms with Crippen molar-refractivity contribution >= 4 is 9.84 Å². The van der Waals surface area contributed by atoms with Crippen LogP contribution in [0.25, 0.3) is 0 Å². The number of rotatable bonds is 4. The Kier molecular flexibility index (Phi) is 4.63. The SMILES string of the molecule is COc1ccc(CNC2CCCS(=O)(=O)C2)cc1C#N. The van der Waals surface area contributed by atoms with Crippen molar-refractivity contribution in [3.63, 3.8) is 0 Å². The number of nitrogens with one attached hydrogen (secondary N) is 1. The first-order valence-electron chi connectivity index (χ1n) is 6.55. The predicted octanol–water partition coefficient (Wildman–Crippen LogP) is 1.23. The van der Waals surface area contributed by atoms with Gasteiger partial charge in [-0.2, -0.15) is 5.26 Å². The van der Waals surface area contributed by atoms with Crippen LogP contribution < -0.4 is 10.1 Å². The summed E-state index contributed by atoms with van der Waals surface area (Å²) in [6.07, 6.45) is 1.59. The van der Waals surface area contributed by atoms with E-state index < -0.39 is 9.84 Å². The van der Waals surface area contributed by atoms with Crippen molar-refractivity contribution in [3.05, 3.63) is 29.3 Å². The Balaban J connectivity index is 1.99. The fourth-order valence-electron chi connectivity index (χ4n) is 2.40. The second-order valence-corrected chi connectivity index (χ2v) is 7.21. The number of hydrogen-bond acceptors (Lipinski definition) is 5. The van der Waals surface area contributed by atoms with Crippen LogP contribution in [0.1, 0.15) is 24.0 Å². The van der Waals surface area contributed by atoms with Crippen molar-refractivity contribution in [2.75, 3.05) is 18.6 Å². The Morgan fingerprint density at radius 1 is 1.50 bits per heavy atom. The van der Waals surface area contributed by atoms with Crippen LogP contribution in [-0.2, 0) is 16.4 Å². The molecule has 0 saturated carbocycles. The lowest BCUT2D eigenvalue weighted by atomic mass is 10.1. The topological polar surface area (TPSA) is 79.2 Å². The van der Waals surface area contributed by atoms with Crippen molar-refractivity contribution < 1.29 is 13.2 Å². The monoisotopic (exact) mass is 294 g/mol. The maximum Gasteiger partial charge on any atom is 0.151 e. The van der Waals surface area contributed by atoms with Crippen LogP contribution >= 0.6 is 0 Å². The van der Waals surface area contributed by atoms with Crippen molar-refractivity contribution in [1.29, 1.82) is 5.26 Å². The third-order valence-corrected chi connectivity index (χ3v) is 5.26. The molecule has 0 radical (unpaired) electrons. The van der Waals surface area contributed by atoms with Gasteiger partial charge in [0.15, 0.2) is 9.84 Å². The van der Waals surface area contributed by atoms with Gasteiger partial charge in [0, 0.05) is 12.6 Å². The van der Waals surface area contributed by atoms with Gasteiger partial charge in [0.05, 0.1) is 24.2 Å². The van der Waals surface area contributed by atoms with Gasteiger partial charge in [-0.1, -0.05) is 6.07 Å². The molecule has 0 aromatic heterocycles. The number of nitrogens with zero attached hydrogens (tertiary/aromatic N) is 1. The third kappa shape index (κ3) is 3.71. The molecule has 0 spiro atoms. The van der Waals surface area contributed by atoms with Gasteiger partial charge in [0.25, 0.3) is 0 Å². The smallest absolute Gasteiger partial charge is 0.151 e. The zero-order valence-electron chi connectivity index (χ0n) is 11.4. The summed E-state index contributed by atoms with van der Waals surface area (Å²) in [4.78, 5) is 0. The molecule has 1 saturated heterocycles. The first-order valence-corrected chi connectivity index (χ1v) is 8.37. The molecule has 1 fully saturated rings. The number of methoxy groups -OCH3 is 1. The highest BCUT2D eigenvalue weighted by Gasteiger charge is 2.24. The summed E-state index contributed by atoms with van der Waals surface area (Å²) in [7, 11) is -1.37. The summed E-state index contributed by atoms with van der Waals surface area (Å²) in [5, 5.41) is 12.3. The van der Waals surface area contributed by atoms with Crippen LogP contribution in [0.3, 0.4) is 0 Å². The highest BCUT2D eigenvalue weighted by atomic mass is 32.2. The van der Waals surface area contributed by atoms with Gasteiger partial charge < -0.3 is 10.1 Å². The fraction of sp³-hybridized carbons (Fsp3) is 0.500. The van der Waals surface area contributed by atoms with Gasteiger partial charge in [-0.25, -0.2) is 8.42 Å². The molecule has 1 N–H and O–H groups in total. The molecule has 108 valence electrons. The highest BCUT2D eigenvalue weighted by molar-refractivity contribution is 7.91. The van der Waals surface area contributed by atoms with E-state index in [1.165, 1.54) is 7.11 Å². The third-order valence-electron chi connectivity index (χ3n) is 3.44. The molecule has 1 atom stereocenters. The largest absolute Gasteiger partial charge is 0.495 e. The van der Waals surface area contributed by atoms with Crippen LogP contribution in [0.15, 0.2) is 18.2 Å². The van der Waals surface area contributed by atoms with Gasteiger partial charge in [-0.15, -0.1) is 0 Å². The minimum Gasteiger partial charge on any atom is -0.495 e. The number of ether oxygens (including phenoxy) is 1. The Bertz CT molecular complexity index is 620. The van der Waals surface area contributed by atoms with E-state index in [4.69, 9.17) is 10.00 Å². The van der Waals surface area contributed by atoms with Gasteiger partial charge in [-0.3, -0.25) is 0 Å². The van der Waals surface area contributed by atoms with E-state index in [0.29, 0.717) is 30.0 Å². The summed E-state index contributed by atoms with van der Waals surface area (Å²) in [5.41, 5.74) is 1.44. The maximum absolute atomic E-state index is 11.6. The highest BCUT2D eigenvalue weighted by Crippen LogP contribution is 2.19. The average molecular weight is 294 g/mol. The lowest BCUT2D eigenvalue weighted by molar-refractivity contribution is 0.413.